The number of hydrogen-bond donors (Lipinski definition) is 2. The second-order valence-corrected chi connectivity index (χ2v) is 5.82. The van der Waals surface area contributed by atoms with E-state index in [0.717, 1.165) is 23.3 Å². The maximum absolute atomic E-state index is 12.1. The summed E-state index contributed by atoms with van der Waals surface area (Å²) < 4.78 is 5.26. The highest BCUT2D eigenvalue weighted by Gasteiger charge is 2.42. The van der Waals surface area contributed by atoms with Crippen molar-refractivity contribution in [1.82, 2.24) is 5.32 Å². The Hall–Kier alpha value is -1.71. The fourth-order valence-corrected chi connectivity index (χ4v) is 2.73. The fourth-order valence-electron chi connectivity index (χ4n) is 2.73. The van der Waals surface area contributed by atoms with E-state index in [0.29, 0.717) is 12.6 Å². The van der Waals surface area contributed by atoms with Crippen molar-refractivity contribution in [1.29, 1.82) is 0 Å². The number of para-hydroxylation sites is 2. The molecule has 1 aromatic carbocycles. The highest BCUT2D eigenvalue weighted by atomic mass is 16.5. The number of methoxy groups -OCH3 is 1. The van der Waals surface area contributed by atoms with Gasteiger partial charge < -0.3 is 15.4 Å². The number of amides is 1. The van der Waals surface area contributed by atoms with Gasteiger partial charge in [-0.1, -0.05) is 12.1 Å². The topological polar surface area (TPSA) is 50.4 Å². The first-order valence-corrected chi connectivity index (χ1v) is 7.44. The molecule has 0 atom stereocenters. The van der Waals surface area contributed by atoms with Gasteiger partial charge >= 0.3 is 0 Å². The van der Waals surface area contributed by atoms with Gasteiger partial charge in [0, 0.05) is 6.04 Å². The Bertz CT molecular complexity index is 469. The molecule has 4 heteroatoms. The van der Waals surface area contributed by atoms with Crippen LogP contribution in [-0.2, 0) is 4.79 Å². The minimum absolute atomic E-state index is 0.0831. The Balaban J connectivity index is 1.51. The predicted octanol–water partition coefficient (Wildman–Crippen LogP) is 2.41. The summed E-state index contributed by atoms with van der Waals surface area (Å²) in [6.07, 6.45) is 5.12. The van der Waals surface area contributed by atoms with E-state index >= 15 is 0 Å². The van der Waals surface area contributed by atoms with Gasteiger partial charge in [0.2, 0.25) is 5.91 Å². The summed E-state index contributed by atoms with van der Waals surface area (Å²) in [5.41, 5.74) is 0.861. The minimum atomic E-state index is 0.0831. The standard InChI is InChI=1S/C16H22N2O2/c1-20-14-5-3-2-4-13(14)17-10-15(19)18-16(11-6-7-11)12-8-9-12/h2-5,11-12,16-17H,6-10H2,1H3,(H,18,19). The molecule has 0 bridgehead atoms. The van der Waals surface area contributed by atoms with Crippen LogP contribution in [0.5, 0.6) is 5.75 Å². The van der Waals surface area contributed by atoms with Crippen LogP contribution in [0.3, 0.4) is 0 Å². The largest absolute Gasteiger partial charge is 0.495 e. The molecule has 0 aliphatic heterocycles. The molecule has 0 radical (unpaired) electrons. The number of hydrogen-bond acceptors (Lipinski definition) is 3. The number of rotatable bonds is 7. The van der Waals surface area contributed by atoms with Gasteiger partial charge in [0.05, 0.1) is 19.3 Å². The lowest BCUT2D eigenvalue weighted by Gasteiger charge is -2.18. The molecule has 2 saturated carbocycles. The minimum Gasteiger partial charge on any atom is -0.495 e. The summed E-state index contributed by atoms with van der Waals surface area (Å²) in [6.45, 7) is 0.302. The molecule has 2 fully saturated rings. The Morgan fingerprint density at radius 1 is 1.25 bits per heavy atom. The van der Waals surface area contributed by atoms with Crippen molar-refractivity contribution in [2.45, 2.75) is 31.7 Å². The lowest BCUT2D eigenvalue weighted by Crippen LogP contribution is -2.41. The maximum Gasteiger partial charge on any atom is 0.239 e. The number of nitrogens with one attached hydrogen (secondary N) is 2. The van der Waals surface area contributed by atoms with Crippen LogP contribution in [0.2, 0.25) is 0 Å². The van der Waals surface area contributed by atoms with Crippen LogP contribution < -0.4 is 15.4 Å². The first-order chi connectivity index (χ1) is 9.78. The third-order valence-electron chi connectivity index (χ3n) is 4.13. The molecule has 1 amide bonds. The molecule has 0 spiro atoms. The predicted molar refractivity (Wildman–Crippen MR) is 78.9 cm³/mol. The molecule has 0 unspecified atom stereocenters. The Labute approximate surface area is 119 Å². The van der Waals surface area contributed by atoms with Gasteiger partial charge in [-0.2, -0.15) is 0 Å². The van der Waals surface area contributed by atoms with Crippen LogP contribution in [0.1, 0.15) is 25.7 Å². The third kappa shape index (κ3) is 3.24. The van der Waals surface area contributed by atoms with E-state index in [-0.39, 0.29) is 5.91 Å². The van der Waals surface area contributed by atoms with E-state index in [4.69, 9.17) is 4.74 Å². The van der Waals surface area contributed by atoms with Crippen LogP contribution in [0.4, 0.5) is 5.69 Å². The van der Waals surface area contributed by atoms with E-state index in [9.17, 15) is 4.79 Å². The molecule has 1 aromatic rings. The molecular weight excluding hydrogens is 252 g/mol. The number of anilines is 1. The van der Waals surface area contributed by atoms with Crippen molar-refractivity contribution in [3.8, 4) is 5.75 Å². The summed E-state index contributed by atoms with van der Waals surface area (Å²) in [7, 11) is 1.64. The molecular formula is C16H22N2O2. The molecule has 2 aliphatic carbocycles. The monoisotopic (exact) mass is 274 g/mol. The first kappa shape index (κ1) is 13.3. The summed E-state index contributed by atoms with van der Waals surface area (Å²) in [6, 6.07) is 8.07. The van der Waals surface area contributed by atoms with Crippen LogP contribution in [0, 0.1) is 11.8 Å². The average molecular weight is 274 g/mol. The van der Waals surface area contributed by atoms with Crippen LogP contribution in [0.15, 0.2) is 24.3 Å². The smallest absolute Gasteiger partial charge is 0.239 e. The van der Waals surface area contributed by atoms with E-state index in [1.807, 2.05) is 24.3 Å². The number of carbonyl (C=O) groups is 1. The van der Waals surface area contributed by atoms with Gasteiger partial charge in [0.15, 0.2) is 0 Å². The van der Waals surface area contributed by atoms with Crippen LogP contribution in [-0.4, -0.2) is 25.6 Å². The van der Waals surface area contributed by atoms with E-state index < -0.39 is 0 Å². The van der Waals surface area contributed by atoms with Gasteiger partial charge in [-0.3, -0.25) is 4.79 Å². The van der Waals surface area contributed by atoms with E-state index in [1.54, 1.807) is 7.11 Å². The molecule has 0 heterocycles. The SMILES string of the molecule is COc1ccccc1NCC(=O)NC(C1CC1)C1CC1. The molecule has 4 nitrogen and oxygen atoms in total. The van der Waals surface area contributed by atoms with E-state index in [2.05, 4.69) is 10.6 Å². The Morgan fingerprint density at radius 3 is 2.50 bits per heavy atom. The van der Waals surface area contributed by atoms with Crippen molar-refractivity contribution < 1.29 is 9.53 Å². The summed E-state index contributed by atoms with van der Waals surface area (Å²) in [5, 5.41) is 6.36. The second-order valence-electron chi connectivity index (χ2n) is 5.82. The maximum atomic E-state index is 12.1. The van der Waals surface area contributed by atoms with Crippen molar-refractivity contribution in [2.24, 2.45) is 11.8 Å². The highest BCUT2D eigenvalue weighted by Crippen LogP contribution is 2.44. The van der Waals surface area contributed by atoms with Gasteiger partial charge in [-0.25, -0.2) is 0 Å². The average Bonchev–Trinajstić information content (AvgIpc) is 3.35. The summed E-state index contributed by atoms with van der Waals surface area (Å²) in [5.74, 6) is 2.32. The molecule has 2 N–H and O–H groups in total. The van der Waals surface area contributed by atoms with Crippen LogP contribution in [0.25, 0.3) is 0 Å². The van der Waals surface area contributed by atoms with Gasteiger partial charge in [0.1, 0.15) is 5.75 Å². The fraction of sp³-hybridized carbons (Fsp3) is 0.562. The zero-order valence-electron chi connectivity index (χ0n) is 11.9. The Kier molecular flexibility index (Phi) is 3.81. The zero-order chi connectivity index (χ0) is 13.9. The Morgan fingerprint density at radius 2 is 1.90 bits per heavy atom. The zero-order valence-corrected chi connectivity index (χ0v) is 11.9. The molecule has 20 heavy (non-hydrogen) atoms. The lowest BCUT2D eigenvalue weighted by atomic mass is 10.1. The van der Waals surface area contributed by atoms with Gasteiger partial charge in [-0.15, -0.1) is 0 Å². The first-order valence-electron chi connectivity index (χ1n) is 7.44. The summed E-state index contributed by atoms with van der Waals surface area (Å²) in [4.78, 5) is 12.1. The van der Waals surface area contributed by atoms with E-state index in [1.165, 1.54) is 25.7 Å². The molecule has 3 rings (SSSR count). The normalized spacial score (nSPS) is 17.9. The molecule has 108 valence electrons. The van der Waals surface area contributed by atoms with Crippen molar-refractivity contribution in [2.75, 3.05) is 19.0 Å². The van der Waals surface area contributed by atoms with Crippen LogP contribution >= 0.6 is 0 Å². The number of benzene rings is 1. The van der Waals surface area contributed by atoms with Crippen molar-refractivity contribution >= 4 is 11.6 Å². The quantitative estimate of drug-likeness (QED) is 0.803. The van der Waals surface area contributed by atoms with Crippen molar-refractivity contribution in [3.05, 3.63) is 24.3 Å². The third-order valence-corrected chi connectivity index (χ3v) is 4.13. The summed E-state index contributed by atoms with van der Waals surface area (Å²) >= 11 is 0. The second kappa shape index (κ2) is 5.73. The number of carbonyl (C=O) groups excluding carboxylic acids is 1. The number of ether oxygens (including phenoxy) is 1. The van der Waals surface area contributed by atoms with Gasteiger partial charge in [0.25, 0.3) is 0 Å². The van der Waals surface area contributed by atoms with Crippen molar-refractivity contribution in [3.63, 3.8) is 0 Å². The molecule has 0 aromatic heterocycles. The molecule has 2 aliphatic rings. The molecule has 0 saturated heterocycles. The lowest BCUT2D eigenvalue weighted by molar-refractivity contribution is -0.120. The van der Waals surface area contributed by atoms with Gasteiger partial charge in [-0.05, 0) is 49.7 Å². The highest BCUT2D eigenvalue weighted by molar-refractivity contribution is 5.81.